The second-order valence-corrected chi connectivity index (χ2v) is 7.42. The number of nitro benzene ring substituents is 1. The highest BCUT2D eigenvalue weighted by molar-refractivity contribution is 5.99. The van der Waals surface area contributed by atoms with Gasteiger partial charge in [-0.3, -0.25) is 24.8 Å². The van der Waals surface area contributed by atoms with Crippen LogP contribution in [0.5, 0.6) is 0 Å². The molecule has 4 rings (SSSR count). The molecular formula is C20H25N5O4. The third-order valence-corrected chi connectivity index (χ3v) is 5.85. The molecule has 0 radical (unpaired) electrons. The largest absolute Gasteiger partial charge is 0.378 e. The van der Waals surface area contributed by atoms with Crippen molar-refractivity contribution in [2.45, 2.75) is 13.0 Å². The molecule has 2 aliphatic rings. The third-order valence-electron chi connectivity index (χ3n) is 5.85. The van der Waals surface area contributed by atoms with E-state index in [1.165, 1.54) is 0 Å². The number of rotatable bonds is 4. The van der Waals surface area contributed by atoms with Crippen molar-refractivity contribution in [3.63, 3.8) is 0 Å². The van der Waals surface area contributed by atoms with Crippen LogP contribution in [0, 0.1) is 10.1 Å². The van der Waals surface area contributed by atoms with Crippen molar-refractivity contribution >= 4 is 28.1 Å². The Kier molecular flexibility index (Phi) is 5.59. The molecule has 0 unspecified atom stereocenters. The molecule has 1 aromatic heterocycles. The summed E-state index contributed by atoms with van der Waals surface area (Å²) in [6, 6.07) is 5.04. The summed E-state index contributed by atoms with van der Waals surface area (Å²) >= 11 is 0. The monoisotopic (exact) mass is 399 g/mol. The SMILES string of the molecule is C[C@@H](C(=O)N1CCOCC1)N1CCN(c2ccc([N+](=O)[O-])c3cnccc23)CC1. The Morgan fingerprint density at radius 1 is 1.10 bits per heavy atom. The van der Waals surface area contributed by atoms with Crippen molar-refractivity contribution < 1.29 is 14.5 Å². The molecule has 2 aromatic rings. The number of anilines is 1. The zero-order valence-electron chi connectivity index (χ0n) is 16.5. The van der Waals surface area contributed by atoms with Crippen molar-refractivity contribution in [1.29, 1.82) is 0 Å². The van der Waals surface area contributed by atoms with Crippen molar-refractivity contribution in [2.75, 3.05) is 57.4 Å². The van der Waals surface area contributed by atoms with E-state index >= 15 is 0 Å². The Hall–Kier alpha value is -2.78. The predicted octanol–water partition coefficient (Wildman–Crippen LogP) is 1.51. The minimum Gasteiger partial charge on any atom is -0.378 e. The van der Waals surface area contributed by atoms with Crippen LogP contribution in [0.25, 0.3) is 10.8 Å². The third kappa shape index (κ3) is 3.88. The summed E-state index contributed by atoms with van der Waals surface area (Å²) in [6.45, 7) is 7.55. The van der Waals surface area contributed by atoms with E-state index in [4.69, 9.17) is 4.74 Å². The summed E-state index contributed by atoms with van der Waals surface area (Å²) in [5.74, 6) is 0.161. The number of benzene rings is 1. The predicted molar refractivity (Wildman–Crippen MR) is 109 cm³/mol. The normalized spacial score (nSPS) is 19.3. The zero-order chi connectivity index (χ0) is 20.4. The van der Waals surface area contributed by atoms with Crippen molar-refractivity contribution in [1.82, 2.24) is 14.8 Å². The van der Waals surface area contributed by atoms with Gasteiger partial charge in [0.1, 0.15) is 0 Å². The highest BCUT2D eigenvalue weighted by Gasteiger charge is 2.30. The van der Waals surface area contributed by atoms with Gasteiger partial charge in [0.25, 0.3) is 5.69 Å². The van der Waals surface area contributed by atoms with Crippen LogP contribution in [0.3, 0.4) is 0 Å². The summed E-state index contributed by atoms with van der Waals surface area (Å²) in [5.41, 5.74) is 1.04. The first-order chi connectivity index (χ1) is 14.1. The minimum absolute atomic E-state index is 0.0696. The number of hydrogen-bond donors (Lipinski definition) is 0. The van der Waals surface area contributed by atoms with E-state index in [2.05, 4.69) is 14.8 Å². The lowest BCUT2D eigenvalue weighted by molar-refractivity contribution is -0.383. The quantitative estimate of drug-likeness (QED) is 0.568. The molecule has 2 saturated heterocycles. The number of morpholine rings is 1. The lowest BCUT2D eigenvalue weighted by Crippen LogP contribution is -2.56. The van der Waals surface area contributed by atoms with Crippen LogP contribution in [0.2, 0.25) is 0 Å². The van der Waals surface area contributed by atoms with Crippen LogP contribution < -0.4 is 4.90 Å². The Morgan fingerprint density at radius 2 is 1.83 bits per heavy atom. The average molecular weight is 399 g/mol. The Balaban J connectivity index is 1.47. The van der Waals surface area contributed by atoms with Crippen molar-refractivity contribution in [2.24, 2.45) is 0 Å². The van der Waals surface area contributed by atoms with Gasteiger partial charge in [-0.25, -0.2) is 0 Å². The number of nitrogens with zero attached hydrogens (tertiary/aromatic N) is 5. The second-order valence-electron chi connectivity index (χ2n) is 7.42. The summed E-state index contributed by atoms with van der Waals surface area (Å²) in [5, 5.41) is 12.7. The molecule has 9 nitrogen and oxygen atoms in total. The molecule has 0 aliphatic carbocycles. The van der Waals surface area contributed by atoms with Gasteiger partial charge in [0.15, 0.2) is 0 Å². The van der Waals surface area contributed by atoms with E-state index in [-0.39, 0.29) is 22.6 Å². The van der Waals surface area contributed by atoms with Crippen LogP contribution >= 0.6 is 0 Å². The maximum atomic E-state index is 12.8. The number of nitro groups is 1. The van der Waals surface area contributed by atoms with Gasteiger partial charge in [-0.2, -0.15) is 0 Å². The molecule has 2 aliphatic heterocycles. The second kappa shape index (κ2) is 8.30. The van der Waals surface area contributed by atoms with Crippen LogP contribution in [-0.2, 0) is 9.53 Å². The van der Waals surface area contributed by atoms with Crippen LogP contribution in [0.1, 0.15) is 6.92 Å². The summed E-state index contributed by atoms with van der Waals surface area (Å²) in [4.78, 5) is 34.1. The number of amides is 1. The van der Waals surface area contributed by atoms with E-state index in [1.807, 2.05) is 24.0 Å². The van der Waals surface area contributed by atoms with E-state index in [9.17, 15) is 14.9 Å². The van der Waals surface area contributed by atoms with Crippen LogP contribution in [-0.4, -0.2) is 84.1 Å². The Morgan fingerprint density at radius 3 is 2.52 bits per heavy atom. The molecule has 1 amide bonds. The molecular weight excluding hydrogens is 374 g/mol. The molecule has 3 heterocycles. The Labute approximate surface area is 169 Å². The number of non-ortho nitro benzene ring substituents is 1. The molecule has 0 spiro atoms. The van der Waals surface area contributed by atoms with Gasteiger partial charge in [0, 0.05) is 68.8 Å². The number of ether oxygens (including phenoxy) is 1. The molecule has 1 aromatic carbocycles. The highest BCUT2D eigenvalue weighted by Crippen LogP contribution is 2.33. The molecule has 9 heteroatoms. The van der Waals surface area contributed by atoms with Crippen molar-refractivity contribution in [3.05, 3.63) is 40.7 Å². The van der Waals surface area contributed by atoms with Crippen LogP contribution in [0.15, 0.2) is 30.6 Å². The van der Waals surface area contributed by atoms with Gasteiger partial charge in [0.2, 0.25) is 5.91 Å². The maximum absolute atomic E-state index is 12.8. The first kappa shape index (κ1) is 19.5. The molecule has 0 N–H and O–H groups in total. The van der Waals surface area contributed by atoms with E-state index in [1.54, 1.807) is 18.5 Å². The van der Waals surface area contributed by atoms with Gasteiger partial charge in [0.05, 0.1) is 29.6 Å². The van der Waals surface area contributed by atoms with Gasteiger partial charge >= 0.3 is 0 Å². The fraction of sp³-hybridized carbons (Fsp3) is 0.500. The number of fused-ring (bicyclic) bond motifs is 1. The molecule has 29 heavy (non-hydrogen) atoms. The smallest absolute Gasteiger partial charge is 0.278 e. The number of hydrogen-bond acceptors (Lipinski definition) is 7. The fourth-order valence-corrected chi connectivity index (χ4v) is 4.15. The summed E-state index contributed by atoms with van der Waals surface area (Å²) in [7, 11) is 0. The standard InChI is InChI=1S/C20H25N5O4/c1-15(20(26)24-10-12-29-13-11-24)22-6-8-23(9-7-22)18-2-3-19(25(27)28)17-14-21-5-4-16(17)18/h2-5,14-15H,6-13H2,1H3/t15-/m0/s1. The Bertz CT molecular complexity index is 907. The minimum atomic E-state index is -0.370. The van der Waals surface area contributed by atoms with Crippen LogP contribution in [0.4, 0.5) is 11.4 Å². The molecule has 154 valence electrons. The lowest BCUT2D eigenvalue weighted by Gasteiger charge is -2.40. The number of carbonyl (C=O) groups excluding carboxylic acids is 1. The van der Waals surface area contributed by atoms with Gasteiger partial charge in [-0.05, 0) is 19.1 Å². The fourth-order valence-electron chi connectivity index (χ4n) is 4.15. The van der Waals surface area contributed by atoms with Gasteiger partial charge in [-0.15, -0.1) is 0 Å². The van der Waals surface area contributed by atoms with Gasteiger partial charge < -0.3 is 14.5 Å². The summed E-state index contributed by atoms with van der Waals surface area (Å²) in [6.07, 6.45) is 3.21. The number of aromatic nitrogens is 1. The topological polar surface area (TPSA) is 92.0 Å². The molecule has 1 atom stereocenters. The molecule has 2 fully saturated rings. The first-order valence-electron chi connectivity index (χ1n) is 9.93. The van der Waals surface area contributed by atoms with Crippen molar-refractivity contribution in [3.8, 4) is 0 Å². The maximum Gasteiger partial charge on any atom is 0.278 e. The van der Waals surface area contributed by atoms with E-state index in [0.29, 0.717) is 31.7 Å². The average Bonchev–Trinajstić information content (AvgIpc) is 2.78. The van der Waals surface area contributed by atoms with Gasteiger partial charge in [-0.1, -0.05) is 0 Å². The number of piperazine rings is 1. The summed E-state index contributed by atoms with van der Waals surface area (Å²) < 4.78 is 5.34. The first-order valence-corrected chi connectivity index (χ1v) is 9.93. The van der Waals surface area contributed by atoms with E-state index in [0.717, 1.165) is 37.3 Å². The highest BCUT2D eigenvalue weighted by atomic mass is 16.6. The van der Waals surface area contributed by atoms with E-state index < -0.39 is 0 Å². The lowest BCUT2D eigenvalue weighted by atomic mass is 10.1. The number of carbonyl (C=O) groups is 1. The molecule has 0 saturated carbocycles. The zero-order valence-corrected chi connectivity index (χ0v) is 16.5. The molecule has 0 bridgehead atoms. The number of pyridine rings is 1.